The van der Waals surface area contributed by atoms with Gasteiger partial charge in [-0.25, -0.2) is 0 Å². The van der Waals surface area contributed by atoms with Gasteiger partial charge in [-0.2, -0.15) is 0 Å². The number of pyridine rings is 1. The van der Waals surface area contributed by atoms with Crippen LogP contribution in [0.2, 0.25) is 5.02 Å². The van der Waals surface area contributed by atoms with E-state index in [4.69, 9.17) is 11.6 Å². The van der Waals surface area contributed by atoms with Crippen molar-refractivity contribution in [2.45, 2.75) is 13.5 Å². The van der Waals surface area contributed by atoms with Gasteiger partial charge in [0.1, 0.15) is 5.69 Å². The number of carbonyl (C=O) groups is 2. The molecule has 1 fully saturated rings. The monoisotopic (exact) mass is 386 g/mol. The van der Waals surface area contributed by atoms with Gasteiger partial charge in [0, 0.05) is 49.5 Å². The molecular weight excluding hydrogens is 364 g/mol. The second kappa shape index (κ2) is 8.97. The maximum atomic E-state index is 12.7. The third-order valence-electron chi connectivity index (χ3n) is 4.71. The second-order valence-corrected chi connectivity index (χ2v) is 6.90. The van der Waals surface area contributed by atoms with Gasteiger partial charge in [-0.3, -0.25) is 14.6 Å². The van der Waals surface area contributed by atoms with E-state index in [1.165, 1.54) is 6.20 Å². The Kier molecular flexibility index (Phi) is 6.42. The van der Waals surface area contributed by atoms with Crippen molar-refractivity contribution >= 4 is 23.4 Å². The van der Waals surface area contributed by atoms with Crippen molar-refractivity contribution < 1.29 is 9.59 Å². The highest BCUT2D eigenvalue weighted by Crippen LogP contribution is 2.11. The topological polar surface area (TPSA) is 65.5 Å². The number of aromatic nitrogens is 1. The van der Waals surface area contributed by atoms with Gasteiger partial charge in [-0.15, -0.1) is 0 Å². The number of hydrogen-bond donors (Lipinski definition) is 1. The Balaban J connectivity index is 1.61. The van der Waals surface area contributed by atoms with Crippen LogP contribution in [-0.2, 0) is 6.54 Å². The van der Waals surface area contributed by atoms with Crippen molar-refractivity contribution in [2.24, 2.45) is 0 Å². The van der Waals surface area contributed by atoms with E-state index in [1.54, 1.807) is 24.3 Å². The van der Waals surface area contributed by atoms with Crippen LogP contribution in [0.1, 0.15) is 33.3 Å². The Bertz CT molecular complexity index is 802. The molecule has 0 saturated carbocycles. The van der Waals surface area contributed by atoms with Crippen molar-refractivity contribution in [3.05, 3.63) is 64.4 Å². The third kappa shape index (κ3) is 5.05. The first-order valence-electron chi connectivity index (χ1n) is 9.07. The van der Waals surface area contributed by atoms with E-state index >= 15 is 0 Å². The van der Waals surface area contributed by atoms with Crippen molar-refractivity contribution in [2.75, 3.05) is 32.7 Å². The summed E-state index contributed by atoms with van der Waals surface area (Å²) < 4.78 is 0. The van der Waals surface area contributed by atoms with Crippen LogP contribution < -0.4 is 5.32 Å². The van der Waals surface area contributed by atoms with Crippen molar-refractivity contribution in [3.63, 3.8) is 0 Å². The van der Waals surface area contributed by atoms with Gasteiger partial charge >= 0.3 is 0 Å². The van der Waals surface area contributed by atoms with Crippen LogP contribution in [0.5, 0.6) is 0 Å². The zero-order chi connectivity index (χ0) is 19.2. The molecule has 6 nitrogen and oxygen atoms in total. The zero-order valence-electron chi connectivity index (χ0n) is 15.3. The van der Waals surface area contributed by atoms with E-state index in [9.17, 15) is 9.59 Å². The van der Waals surface area contributed by atoms with E-state index < -0.39 is 0 Å². The minimum Gasteiger partial charge on any atom is -0.347 e. The maximum absolute atomic E-state index is 12.7. The molecule has 3 rings (SSSR count). The number of amides is 2. The number of nitrogens with one attached hydrogen (secondary N) is 1. The van der Waals surface area contributed by atoms with Gasteiger partial charge in [-0.05, 0) is 36.4 Å². The summed E-state index contributed by atoms with van der Waals surface area (Å²) in [4.78, 5) is 33.4. The van der Waals surface area contributed by atoms with Gasteiger partial charge in [0.2, 0.25) is 0 Å². The second-order valence-electron chi connectivity index (χ2n) is 6.47. The lowest BCUT2D eigenvalue weighted by molar-refractivity contribution is 0.0643. The van der Waals surface area contributed by atoms with Crippen LogP contribution >= 0.6 is 11.6 Å². The van der Waals surface area contributed by atoms with Crippen molar-refractivity contribution in [1.82, 2.24) is 20.1 Å². The highest BCUT2D eigenvalue weighted by molar-refractivity contribution is 6.30. The minimum absolute atomic E-state index is 0.0556. The first kappa shape index (κ1) is 19.3. The molecule has 0 aliphatic carbocycles. The minimum atomic E-state index is -0.310. The molecule has 1 N–H and O–H groups in total. The summed E-state index contributed by atoms with van der Waals surface area (Å²) in [6.07, 6.45) is 1.51. The molecule has 1 saturated heterocycles. The number of benzene rings is 1. The number of rotatable bonds is 5. The standard InChI is InChI=1S/C20H23ClN4O2/c1-2-24-9-11-25(12-10-24)20(27)16-7-8-22-18(13-16)19(26)23-14-15-3-5-17(21)6-4-15/h3-8,13H,2,9-12,14H2,1H3,(H,23,26). The molecule has 7 heteroatoms. The largest absolute Gasteiger partial charge is 0.347 e. The maximum Gasteiger partial charge on any atom is 0.270 e. The summed E-state index contributed by atoms with van der Waals surface area (Å²) in [6, 6.07) is 10.5. The van der Waals surface area contributed by atoms with E-state index in [-0.39, 0.29) is 17.5 Å². The SMILES string of the molecule is CCN1CCN(C(=O)c2ccnc(C(=O)NCc3ccc(Cl)cc3)c2)CC1. The van der Waals surface area contributed by atoms with Gasteiger partial charge in [-0.1, -0.05) is 30.7 Å². The van der Waals surface area contributed by atoms with E-state index in [0.717, 1.165) is 25.2 Å². The van der Waals surface area contributed by atoms with Gasteiger partial charge < -0.3 is 15.1 Å². The zero-order valence-corrected chi connectivity index (χ0v) is 16.1. The molecule has 0 spiro atoms. The predicted octanol–water partition coefficient (Wildman–Crippen LogP) is 2.44. The van der Waals surface area contributed by atoms with Crippen molar-refractivity contribution in [3.8, 4) is 0 Å². The molecule has 27 heavy (non-hydrogen) atoms. The van der Waals surface area contributed by atoms with E-state index in [1.807, 2.05) is 17.0 Å². The summed E-state index contributed by atoms with van der Waals surface area (Å²) in [5.74, 6) is -0.365. The van der Waals surface area contributed by atoms with Crippen LogP contribution in [-0.4, -0.2) is 59.3 Å². The Morgan fingerprint density at radius 2 is 1.81 bits per heavy atom. The molecule has 1 aliphatic rings. The van der Waals surface area contributed by atoms with Crippen LogP contribution in [0.25, 0.3) is 0 Å². The van der Waals surface area contributed by atoms with Crippen LogP contribution in [0, 0.1) is 0 Å². The molecule has 142 valence electrons. The Morgan fingerprint density at radius 1 is 1.11 bits per heavy atom. The molecule has 0 atom stereocenters. The fraction of sp³-hybridized carbons (Fsp3) is 0.350. The molecule has 0 radical (unpaired) electrons. The Labute approximate surface area is 164 Å². The highest BCUT2D eigenvalue weighted by Gasteiger charge is 2.22. The molecule has 1 aliphatic heterocycles. The first-order valence-corrected chi connectivity index (χ1v) is 9.45. The predicted molar refractivity (Wildman–Crippen MR) is 105 cm³/mol. The van der Waals surface area contributed by atoms with Crippen molar-refractivity contribution in [1.29, 1.82) is 0 Å². The molecule has 1 aromatic heterocycles. The van der Waals surface area contributed by atoms with Gasteiger partial charge in [0.25, 0.3) is 11.8 Å². The third-order valence-corrected chi connectivity index (χ3v) is 4.96. The lowest BCUT2D eigenvalue weighted by atomic mass is 10.1. The molecule has 1 aromatic carbocycles. The van der Waals surface area contributed by atoms with Crippen LogP contribution in [0.15, 0.2) is 42.6 Å². The molecule has 0 unspecified atom stereocenters. The quantitative estimate of drug-likeness (QED) is 0.857. The average Bonchev–Trinajstić information content (AvgIpc) is 2.72. The molecule has 2 heterocycles. The summed E-state index contributed by atoms with van der Waals surface area (Å²) >= 11 is 5.86. The average molecular weight is 387 g/mol. The smallest absolute Gasteiger partial charge is 0.270 e. The highest BCUT2D eigenvalue weighted by atomic mass is 35.5. The fourth-order valence-electron chi connectivity index (χ4n) is 3.01. The Morgan fingerprint density at radius 3 is 2.48 bits per heavy atom. The lowest BCUT2D eigenvalue weighted by Crippen LogP contribution is -2.48. The molecule has 2 aromatic rings. The molecule has 2 amide bonds. The first-order chi connectivity index (χ1) is 13.1. The number of hydrogen-bond acceptors (Lipinski definition) is 4. The summed E-state index contributed by atoms with van der Waals surface area (Å²) in [6.45, 7) is 6.64. The number of likely N-dealkylation sites (N-methyl/N-ethyl adjacent to an activating group) is 1. The van der Waals surface area contributed by atoms with E-state index in [2.05, 4.69) is 22.1 Å². The number of carbonyl (C=O) groups excluding carboxylic acids is 2. The summed E-state index contributed by atoms with van der Waals surface area (Å²) in [5, 5.41) is 3.47. The van der Waals surface area contributed by atoms with Crippen LogP contribution in [0.4, 0.5) is 0 Å². The molecule has 0 bridgehead atoms. The number of piperazine rings is 1. The Hall–Kier alpha value is -2.44. The van der Waals surface area contributed by atoms with Crippen LogP contribution in [0.3, 0.4) is 0 Å². The normalized spacial score (nSPS) is 14.8. The lowest BCUT2D eigenvalue weighted by Gasteiger charge is -2.34. The number of halogens is 1. The fourth-order valence-corrected chi connectivity index (χ4v) is 3.14. The summed E-state index contributed by atoms with van der Waals surface area (Å²) in [7, 11) is 0. The van der Waals surface area contributed by atoms with Gasteiger partial charge in [0.15, 0.2) is 0 Å². The number of nitrogens with zero attached hydrogens (tertiary/aromatic N) is 3. The summed E-state index contributed by atoms with van der Waals surface area (Å²) in [5.41, 5.74) is 1.67. The van der Waals surface area contributed by atoms with Gasteiger partial charge in [0.05, 0.1) is 0 Å². The van der Waals surface area contributed by atoms with E-state index in [0.29, 0.717) is 30.2 Å². The molecular formula is C20H23ClN4O2.